The van der Waals surface area contributed by atoms with E-state index in [1.165, 1.54) is 4.90 Å². The number of halogens is 1. The summed E-state index contributed by atoms with van der Waals surface area (Å²) in [6.45, 7) is 15.1. The van der Waals surface area contributed by atoms with Crippen LogP contribution >= 0.6 is 24.4 Å². The van der Waals surface area contributed by atoms with Gasteiger partial charge in [-0.15, -0.1) is 0 Å². The normalized spacial score (nSPS) is 22.7. The largest absolute Gasteiger partial charge is 0.511 e. The highest BCUT2D eigenvalue weighted by Crippen LogP contribution is 2.37. The molecule has 0 saturated carbocycles. The number of amides is 1. The first-order chi connectivity index (χ1) is 10.4. The summed E-state index contributed by atoms with van der Waals surface area (Å²) in [5.74, 6) is 0.467. The molecule has 0 aromatic rings. The van der Waals surface area contributed by atoms with Crippen molar-refractivity contribution in [3.05, 3.63) is 23.2 Å². The maximum Gasteiger partial charge on any atom is 0.214 e. The zero-order valence-corrected chi connectivity index (χ0v) is 15.9. The summed E-state index contributed by atoms with van der Waals surface area (Å²) in [6.07, 6.45) is 1.20. The van der Waals surface area contributed by atoms with Gasteiger partial charge in [-0.05, 0) is 13.3 Å². The molecular weight excluding hydrogens is 322 g/mol. The average molecular weight is 350 g/mol. The fourth-order valence-electron chi connectivity index (χ4n) is 1.95. The molecule has 1 rings (SSSR count). The molecule has 5 nitrogen and oxygen atoms in total. The van der Waals surface area contributed by atoms with Crippen molar-refractivity contribution in [2.24, 2.45) is 10.9 Å². The lowest BCUT2D eigenvalue weighted by Gasteiger charge is -2.20. The van der Waals surface area contributed by atoms with Crippen LogP contribution in [0.15, 0.2) is 28.2 Å². The smallest absolute Gasteiger partial charge is 0.214 e. The van der Waals surface area contributed by atoms with Gasteiger partial charge in [0.1, 0.15) is 11.6 Å². The molecule has 1 amide bonds. The van der Waals surface area contributed by atoms with Crippen molar-refractivity contribution in [3.8, 4) is 0 Å². The summed E-state index contributed by atoms with van der Waals surface area (Å²) >= 11 is 9.96. The molecule has 0 radical (unpaired) electrons. The molecule has 0 spiro atoms. The molecule has 0 aliphatic carbocycles. The van der Waals surface area contributed by atoms with Crippen molar-refractivity contribution in [1.82, 2.24) is 9.62 Å². The van der Waals surface area contributed by atoms with E-state index in [0.29, 0.717) is 24.4 Å². The van der Waals surface area contributed by atoms with Gasteiger partial charge >= 0.3 is 0 Å². The second-order valence-electron chi connectivity index (χ2n) is 4.14. The number of aliphatic hydroxyl groups excluding tert-OH is 1. The Bertz CT molecular complexity index is 425. The number of carbonyl (C=O) groups is 1. The highest BCUT2D eigenvalue weighted by molar-refractivity contribution is 7.78. The highest BCUT2D eigenvalue weighted by Gasteiger charge is 2.37. The van der Waals surface area contributed by atoms with Gasteiger partial charge in [-0.3, -0.25) is 4.79 Å². The van der Waals surface area contributed by atoms with Gasteiger partial charge in [0.05, 0.1) is 11.7 Å². The molecule has 1 fully saturated rings. The number of nitrogens with one attached hydrogen (secondary N) is 1. The van der Waals surface area contributed by atoms with Crippen LogP contribution in [0.4, 0.5) is 0 Å². The Balaban J connectivity index is 0. The Labute approximate surface area is 144 Å². The Hall–Kier alpha value is -1.14. The van der Waals surface area contributed by atoms with E-state index in [1.54, 1.807) is 6.92 Å². The zero-order chi connectivity index (χ0) is 17.9. The summed E-state index contributed by atoms with van der Waals surface area (Å²) in [7, 11) is 0. The predicted octanol–water partition coefficient (Wildman–Crippen LogP) is 4.24. The van der Waals surface area contributed by atoms with Gasteiger partial charge in [-0.25, -0.2) is 4.99 Å². The third-order valence-electron chi connectivity index (χ3n) is 2.79. The van der Waals surface area contributed by atoms with Crippen LogP contribution in [0.25, 0.3) is 0 Å². The lowest BCUT2D eigenvalue weighted by atomic mass is 10.1. The predicted molar refractivity (Wildman–Crippen MR) is 98.0 cm³/mol. The number of amidine groups is 1. The molecule has 1 unspecified atom stereocenters. The number of nitrogens with zero attached hydrogens (tertiary/aromatic N) is 2. The molecule has 1 saturated heterocycles. The third-order valence-corrected chi connectivity index (χ3v) is 3.40. The monoisotopic (exact) mass is 349 g/mol. The van der Waals surface area contributed by atoms with Crippen LogP contribution in [-0.4, -0.2) is 28.3 Å². The Morgan fingerprint density at radius 3 is 2.36 bits per heavy atom. The molecule has 128 valence electrons. The molecule has 7 heteroatoms. The van der Waals surface area contributed by atoms with Crippen LogP contribution in [0.1, 0.15) is 48.0 Å². The minimum absolute atomic E-state index is 0.00747. The van der Waals surface area contributed by atoms with Crippen LogP contribution in [0.3, 0.4) is 0 Å². The molecule has 0 bridgehead atoms. The average Bonchev–Trinajstić information content (AvgIpc) is 2.87. The first kappa shape index (κ1) is 23.1. The van der Waals surface area contributed by atoms with E-state index in [4.69, 9.17) is 11.6 Å². The van der Waals surface area contributed by atoms with Crippen LogP contribution < -0.4 is 4.72 Å². The number of allylic oxidation sites excluding steroid dienone is 1. The molecule has 22 heavy (non-hydrogen) atoms. The van der Waals surface area contributed by atoms with Crippen LogP contribution in [0.5, 0.6) is 0 Å². The van der Waals surface area contributed by atoms with Gasteiger partial charge in [0, 0.05) is 5.92 Å². The van der Waals surface area contributed by atoms with Crippen molar-refractivity contribution >= 4 is 36.7 Å². The molecule has 0 aromatic carbocycles. The van der Waals surface area contributed by atoms with Crippen molar-refractivity contribution < 1.29 is 9.90 Å². The van der Waals surface area contributed by atoms with Crippen LogP contribution in [-0.2, 0) is 4.79 Å². The van der Waals surface area contributed by atoms with Gasteiger partial charge < -0.3 is 14.7 Å². The van der Waals surface area contributed by atoms with Gasteiger partial charge in [0.15, 0.2) is 5.16 Å². The second kappa shape index (κ2) is 12.4. The molecule has 2 atom stereocenters. The van der Waals surface area contributed by atoms with E-state index in [9.17, 15) is 9.90 Å². The number of hydrogen-bond acceptors (Lipinski definition) is 4. The van der Waals surface area contributed by atoms with E-state index in [-0.39, 0.29) is 16.8 Å². The molecule has 1 aliphatic rings. The minimum Gasteiger partial charge on any atom is -0.511 e. The van der Waals surface area contributed by atoms with Crippen molar-refractivity contribution in [3.63, 3.8) is 0 Å². The van der Waals surface area contributed by atoms with Crippen LogP contribution in [0, 0.1) is 5.92 Å². The summed E-state index contributed by atoms with van der Waals surface area (Å²) < 4.78 is 2.55. The minimum atomic E-state index is -0.444. The van der Waals surface area contributed by atoms with Gasteiger partial charge in [0.2, 0.25) is 6.41 Å². The number of aliphatic hydroxyl groups is 1. The highest BCUT2D eigenvalue weighted by atomic mass is 35.5. The van der Waals surface area contributed by atoms with E-state index in [2.05, 4.69) is 29.1 Å². The van der Waals surface area contributed by atoms with Gasteiger partial charge in [-0.1, -0.05) is 65.6 Å². The quantitative estimate of drug-likeness (QED) is 0.178. The van der Waals surface area contributed by atoms with E-state index < -0.39 is 6.04 Å². The first-order valence-electron chi connectivity index (χ1n) is 7.38. The van der Waals surface area contributed by atoms with Crippen molar-refractivity contribution in [1.29, 1.82) is 0 Å². The topological polar surface area (TPSA) is 64.9 Å². The number of hydrogen-bond donors (Lipinski definition) is 3. The molecular formula is C15H28ClN3O2S. The summed E-state index contributed by atoms with van der Waals surface area (Å²) in [6, 6.07) is -0.444. The Kier molecular flexibility index (Phi) is 13.0. The lowest BCUT2D eigenvalue weighted by Crippen LogP contribution is -2.28. The van der Waals surface area contributed by atoms with E-state index >= 15 is 0 Å². The number of thiol groups is 1. The van der Waals surface area contributed by atoms with Crippen molar-refractivity contribution in [2.75, 3.05) is 0 Å². The van der Waals surface area contributed by atoms with Gasteiger partial charge in [-0.2, -0.15) is 0 Å². The number of rotatable bonds is 3. The zero-order valence-electron chi connectivity index (χ0n) is 14.2. The standard InChI is InChI=1S/C11H16ClN3O2S.2C2H6/c1-6-4-9(7(2)17)15(5-16)10(6)11(12)13-8(3)14-18;2*1-2/h5-6,9,17-18H,2,4H2,1,3H3,(H,13,14);2*1-2H3/b11-10-;;/t6?,9-;;/m0../s1. The van der Waals surface area contributed by atoms with E-state index in [1.807, 2.05) is 34.6 Å². The summed E-state index contributed by atoms with van der Waals surface area (Å²) in [5, 5.41) is 9.68. The lowest BCUT2D eigenvalue weighted by molar-refractivity contribution is -0.117. The maximum absolute atomic E-state index is 11.1. The third kappa shape index (κ3) is 6.32. The Morgan fingerprint density at radius 2 is 2.00 bits per heavy atom. The van der Waals surface area contributed by atoms with Gasteiger partial charge in [0.25, 0.3) is 0 Å². The fourth-order valence-corrected chi connectivity index (χ4v) is 2.41. The van der Waals surface area contributed by atoms with Crippen LogP contribution in [0.2, 0.25) is 0 Å². The number of carbonyl (C=O) groups excluding carboxylic acids is 1. The number of likely N-dealkylation sites (tertiary alicyclic amines) is 1. The molecule has 1 aliphatic heterocycles. The fraction of sp³-hybridized carbons (Fsp3) is 0.600. The summed E-state index contributed by atoms with van der Waals surface area (Å²) in [5.41, 5.74) is 0.579. The SMILES string of the molecule is C=C(O)[C@@H]1CC(C)/C(=C(Cl)/N=C(\C)NS)N1C=O.CC.CC. The Morgan fingerprint density at radius 1 is 1.50 bits per heavy atom. The molecule has 1 heterocycles. The van der Waals surface area contributed by atoms with E-state index in [0.717, 1.165) is 0 Å². The second-order valence-corrected chi connectivity index (χ2v) is 4.72. The first-order valence-corrected chi connectivity index (χ1v) is 8.21. The number of aliphatic imine (C=N–C) groups is 1. The molecule has 0 aromatic heterocycles. The maximum atomic E-state index is 11.1. The summed E-state index contributed by atoms with van der Waals surface area (Å²) in [4.78, 5) is 16.6. The molecule has 2 N–H and O–H groups in total. The van der Waals surface area contributed by atoms with Crippen molar-refractivity contribution in [2.45, 2.75) is 54.0 Å².